The smallest absolute Gasteiger partial charge is 0.333 e. The Bertz CT molecular complexity index is 1400. The summed E-state index contributed by atoms with van der Waals surface area (Å²) in [4.78, 5) is 54.3. The van der Waals surface area contributed by atoms with Crippen LogP contribution in [-0.4, -0.2) is 56.3 Å². The van der Waals surface area contributed by atoms with Gasteiger partial charge in [-0.2, -0.15) is 4.98 Å². The summed E-state index contributed by atoms with van der Waals surface area (Å²) in [6, 6.07) is 0. The minimum Gasteiger partial charge on any atom is -0.493 e. The van der Waals surface area contributed by atoms with Crippen molar-refractivity contribution in [1.82, 2.24) is 28.2 Å². The van der Waals surface area contributed by atoms with Crippen molar-refractivity contribution in [3.8, 4) is 5.88 Å². The van der Waals surface area contributed by atoms with Crippen molar-refractivity contribution in [3.05, 3.63) is 41.7 Å². The highest BCUT2D eigenvalue weighted by Crippen LogP contribution is 2.24. The van der Waals surface area contributed by atoms with Crippen molar-refractivity contribution in [2.75, 3.05) is 6.61 Å². The van der Waals surface area contributed by atoms with Crippen LogP contribution in [0.15, 0.2) is 29.4 Å². The van der Waals surface area contributed by atoms with Crippen LogP contribution in [0, 0.1) is 0 Å². The molecule has 1 atom stereocenters. The highest BCUT2D eigenvalue weighted by Gasteiger charge is 2.20. The van der Waals surface area contributed by atoms with E-state index in [2.05, 4.69) is 20.2 Å². The first-order valence-corrected chi connectivity index (χ1v) is 8.47. The number of aliphatic hydroxyl groups is 2. The molecule has 0 aliphatic carbocycles. The molecule has 0 radical (unpaired) electrons. The maximum Gasteiger partial charge on any atom is 0.333 e. The third kappa shape index (κ3) is 3.25. The van der Waals surface area contributed by atoms with Gasteiger partial charge in [-0.25, -0.2) is 9.59 Å². The molecule has 0 bridgehead atoms. The number of hydrogen-bond donors (Lipinski definition) is 4. The van der Waals surface area contributed by atoms with E-state index >= 15 is 0 Å². The van der Waals surface area contributed by atoms with Gasteiger partial charge in [0.15, 0.2) is 11.2 Å². The second kappa shape index (κ2) is 7.53. The number of aryl methyl sites for hydroxylation is 1. The van der Waals surface area contributed by atoms with Crippen LogP contribution in [0.3, 0.4) is 0 Å². The molecule has 3 heterocycles. The van der Waals surface area contributed by atoms with Gasteiger partial charge in [-0.1, -0.05) is 0 Å². The molecule has 3 aromatic rings. The van der Waals surface area contributed by atoms with E-state index in [9.17, 15) is 29.4 Å². The molecule has 0 saturated carbocycles. The van der Waals surface area contributed by atoms with Crippen molar-refractivity contribution < 1.29 is 15.3 Å². The maximum atomic E-state index is 12.3. The Hall–Kier alpha value is -3.85. The summed E-state index contributed by atoms with van der Waals surface area (Å²) in [6.07, 6.45) is -1.30. The van der Waals surface area contributed by atoms with Gasteiger partial charge in [-0.3, -0.25) is 32.8 Å². The maximum absolute atomic E-state index is 12.3. The summed E-state index contributed by atoms with van der Waals surface area (Å²) in [6.45, 7) is -0.970. The molecule has 0 unspecified atom stereocenters. The van der Waals surface area contributed by atoms with Crippen LogP contribution in [0.1, 0.15) is 0 Å². The van der Waals surface area contributed by atoms with Crippen LogP contribution in [0.2, 0.25) is 0 Å². The van der Waals surface area contributed by atoms with Gasteiger partial charge in [0.25, 0.3) is 17.1 Å². The lowest BCUT2D eigenvalue weighted by atomic mass is 10.3. The van der Waals surface area contributed by atoms with Gasteiger partial charge in [-0.05, 0) is 0 Å². The van der Waals surface area contributed by atoms with Crippen LogP contribution < -0.4 is 22.5 Å². The van der Waals surface area contributed by atoms with E-state index in [-0.39, 0.29) is 23.7 Å². The molecular formula is C15H18N8O7. The topological polar surface area (TPSA) is 202 Å². The van der Waals surface area contributed by atoms with Gasteiger partial charge >= 0.3 is 11.4 Å². The largest absolute Gasteiger partial charge is 0.493 e. The number of aromatic nitrogens is 6. The van der Waals surface area contributed by atoms with Crippen LogP contribution in [0.25, 0.3) is 11.2 Å². The molecule has 0 saturated heterocycles. The second-order valence-electron chi connectivity index (χ2n) is 6.43. The molecule has 0 aliphatic heterocycles. The fraction of sp³-hybridized carbons (Fsp3) is 0.400. The van der Waals surface area contributed by atoms with Crippen LogP contribution in [0.5, 0.6) is 5.88 Å². The first kappa shape index (κ1) is 20.9. The summed E-state index contributed by atoms with van der Waals surface area (Å²) in [5, 5.41) is 36.5. The average Bonchev–Trinajstić information content (AvgIpc) is 3.07. The Morgan fingerprint density at radius 3 is 2.37 bits per heavy atom. The predicted octanol–water partition coefficient (Wildman–Crippen LogP) is -2.71. The van der Waals surface area contributed by atoms with Crippen LogP contribution in [0.4, 0.5) is 11.6 Å². The summed E-state index contributed by atoms with van der Waals surface area (Å²) in [5.74, 6) is -1.03. The predicted molar refractivity (Wildman–Crippen MR) is 101 cm³/mol. The number of hydrogen-bond acceptors (Lipinski definition) is 10. The fourth-order valence-corrected chi connectivity index (χ4v) is 2.74. The first-order chi connectivity index (χ1) is 14.1. The molecule has 160 valence electrons. The lowest BCUT2D eigenvalue weighted by Gasteiger charge is -2.10. The zero-order chi connectivity index (χ0) is 22.3. The van der Waals surface area contributed by atoms with Gasteiger partial charge < -0.3 is 15.3 Å². The highest BCUT2D eigenvalue weighted by atomic mass is 16.3. The van der Waals surface area contributed by atoms with E-state index in [4.69, 9.17) is 5.11 Å². The molecule has 0 aromatic carbocycles. The lowest BCUT2D eigenvalue weighted by molar-refractivity contribution is 0.0824. The molecule has 15 heteroatoms. The molecular weight excluding hydrogens is 404 g/mol. The number of nitrogens with one attached hydrogen (secondary N) is 1. The summed E-state index contributed by atoms with van der Waals surface area (Å²) in [7, 11) is 3.75. The van der Waals surface area contributed by atoms with Crippen LogP contribution >= 0.6 is 0 Å². The zero-order valence-electron chi connectivity index (χ0n) is 16.1. The Morgan fingerprint density at radius 1 is 1.07 bits per heavy atom. The van der Waals surface area contributed by atoms with Crippen molar-refractivity contribution >= 4 is 22.8 Å². The van der Waals surface area contributed by atoms with E-state index < -0.39 is 46.8 Å². The molecule has 0 amide bonds. The number of nitrogens with zero attached hydrogens (tertiary/aromatic N) is 7. The van der Waals surface area contributed by atoms with E-state index in [1.165, 1.54) is 21.1 Å². The minimum atomic E-state index is -1.30. The van der Waals surface area contributed by atoms with Gasteiger partial charge in [0.05, 0.1) is 19.3 Å². The van der Waals surface area contributed by atoms with Crippen molar-refractivity contribution in [1.29, 1.82) is 0 Å². The number of aliphatic hydroxyl groups excluding tert-OH is 2. The van der Waals surface area contributed by atoms with Gasteiger partial charge in [0.1, 0.15) is 0 Å². The third-order valence-electron chi connectivity index (χ3n) is 4.44. The fourth-order valence-electron chi connectivity index (χ4n) is 2.74. The van der Waals surface area contributed by atoms with Crippen molar-refractivity contribution in [2.45, 2.75) is 12.6 Å². The Balaban J connectivity index is 2.28. The molecule has 15 nitrogen and oxygen atoms in total. The quantitative estimate of drug-likeness (QED) is 0.318. The highest BCUT2D eigenvalue weighted by molar-refractivity contribution is 5.73. The average molecular weight is 422 g/mol. The minimum absolute atomic E-state index is 0.0829. The number of fused-ring (bicyclic) bond motifs is 1. The number of H-pyrrole nitrogens is 1. The number of azo groups is 1. The molecule has 4 N–H and O–H groups in total. The molecule has 0 aliphatic rings. The third-order valence-corrected chi connectivity index (χ3v) is 4.44. The Kier molecular flexibility index (Phi) is 5.24. The molecule has 3 rings (SSSR count). The van der Waals surface area contributed by atoms with Gasteiger partial charge in [0.2, 0.25) is 11.6 Å². The zero-order valence-corrected chi connectivity index (χ0v) is 16.1. The molecule has 30 heavy (non-hydrogen) atoms. The number of aromatic hydroxyl groups is 1. The van der Waals surface area contributed by atoms with E-state index in [0.717, 1.165) is 13.7 Å². The summed E-state index contributed by atoms with van der Waals surface area (Å²) in [5.41, 5.74) is -4.04. The second-order valence-corrected chi connectivity index (χ2v) is 6.43. The normalized spacial score (nSPS) is 12.8. The lowest BCUT2D eigenvalue weighted by Crippen LogP contribution is -2.36. The summed E-state index contributed by atoms with van der Waals surface area (Å²) < 4.78 is 3.62. The van der Waals surface area contributed by atoms with Gasteiger partial charge in [-0.15, -0.1) is 10.2 Å². The Morgan fingerprint density at radius 2 is 1.73 bits per heavy atom. The van der Waals surface area contributed by atoms with Crippen molar-refractivity contribution in [2.24, 2.45) is 31.4 Å². The summed E-state index contributed by atoms with van der Waals surface area (Å²) >= 11 is 0. The van der Waals surface area contributed by atoms with Crippen LogP contribution in [-0.2, 0) is 27.7 Å². The molecule has 3 aromatic heterocycles. The number of imidazole rings is 1. The number of rotatable bonds is 5. The monoisotopic (exact) mass is 422 g/mol. The van der Waals surface area contributed by atoms with Gasteiger partial charge in [0, 0.05) is 21.1 Å². The molecule has 0 spiro atoms. The standard InChI is InChI=1S/C15H18N8O7/c1-20-9-8(10(26)17-14(20)29)23(4-6(25)5-24)13(16-9)19-18-7-11(27)21(2)15(30)22(3)12(7)28/h6,24-25,27H,4-5H2,1-3H3,(H,17,26,29)/t6-/m1/s1. The first-order valence-electron chi connectivity index (χ1n) is 8.47. The SMILES string of the molecule is Cn1c(O)c(N=Nc2nc3c(c(=O)[nH]c(=O)n3C)n2C[C@@H](O)CO)c(=O)n(C)c1=O. The Labute approximate surface area is 165 Å². The van der Waals surface area contributed by atoms with E-state index in [1.807, 2.05) is 0 Å². The van der Waals surface area contributed by atoms with E-state index in [1.54, 1.807) is 0 Å². The van der Waals surface area contributed by atoms with Crippen molar-refractivity contribution in [3.63, 3.8) is 0 Å². The molecule has 0 fully saturated rings. The van der Waals surface area contributed by atoms with E-state index in [0.29, 0.717) is 4.57 Å². The number of aromatic amines is 1.